The second-order valence-corrected chi connectivity index (χ2v) is 5.78. The number of hydrogen-bond acceptors (Lipinski definition) is 4. The number of aliphatic hydroxyl groups is 1. The van der Waals surface area contributed by atoms with Crippen molar-refractivity contribution >= 4 is 11.8 Å². The number of nitrogens with two attached hydrogens (primary N) is 1. The van der Waals surface area contributed by atoms with E-state index in [1.807, 2.05) is 30.3 Å². The van der Waals surface area contributed by atoms with E-state index in [9.17, 15) is 5.11 Å². The molecule has 2 rings (SSSR count). The summed E-state index contributed by atoms with van der Waals surface area (Å²) in [4.78, 5) is 0. The average molecular weight is 267 g/mol. The lowest BCUT2D eigenvalue weighted by Gasteiger charge is -2.27. The molecule has 0 aliphatic carbocycles. The van der Waals surface area contributed by atoms with Crippen molar-refractivity contribution < 1.29 is 9.84 Å². The van der Waals surface area contributed by atoms with Gasteiger partial charge >= 0.3 is 0 Å². The van der Waals surface area contributed by atoms with Crippen LogP contribution < -0.4 is 5.73 Å². The van der Waals surface area contributed by atoms with Gasteiger partial charge in [-0.2, -0.15) is 11.8 Å². The van der Waals surface area contributed by atoms with Gasteiger partial charge in [-0.15, -0.1) is 0 Å². The van der Waals surface area contributed by atoms with Crippen molar-refractivity contribution in [2.45, 2.75) is 24.5 Å². The molecule has 18 heavy (non-hydrogen) atoms. The summed E-state index contributed by atoms with van der Waals surface area (Å²) in [6, 6.07) is 9.67. The molecule has 2 atom stereocenters. The van der Waals surface area contributed by atoms with Gasteiger partial charge < -0.3 is 15.6 Å². The Morgan fingerprint density at radius 3 is 2.78 bits per heavy atom. The molecule has 0 bridgehead atoms. The molecule has 1 aromatic carbocycles. The van der Waals surface area contributed by atoms with E-state index in [4.69, 9.17) is 10.5 Å². The Morgan fingerprint density at radius 2 is 2.17 bits per heavy atom. The first kappa shape index (κ1) is 13.9. The van der Waals surface area contributed by atoms with Gasteiger partial charge in [0, 0.05) is 24.7 Å². The van der Waals surface area contributed by atoms with E-state index in [-0.39, 0.29) is 6.54 Å². The Bertz CT molecular complexity index is 354. The van der Waals surface area contributed by atoms with E-state index in [0.29, 0.717) is 11.9 Å². The van der Waals surface area contributed by atoms with Gasteiger partial charge in [0.25, 0.3) is 0 Å². The molecule has 3 N–H and O–H groups in total. The molecule has 0 spiro atoms. The van der Waals surface area contributed by atoms with Gasteiger partial charge in [-0.05, 0) is 18.4 Å². The molecule has 0 aromatic heterocycles. The molecular formula is C14H21NO2S. The summed E-state index contributed by atoms with van der Waals surface area (Å²) in [5.74, 6) is 1.56. The molecule has 2 unspecified atom stereocenters. The quantitative estimate of drug-likeness (QED) is 0.824. The van der Waals surface area contributed by atoms with Crippen LogP contribution in [0.25, 0.3) is 0 Å². The Labute approximate surface area is 113 Å². The standard InChI is InChI=1S/C14H21NO2S/c15-10-14(16,12-5-2-1-3-6-12)11-18-9-13-7-4-8-17-13/h1-3,5-6,13,16H,4,7-11,15H2. The molecule has 3 nitrogen and oxygen atoms in total. The highest BCUT2D eigenvalue weighted by atomic mass is 32.2. The number of hydrogen-bond donors (Lipinski definition) is 2. The van der Waals surface area contributed by atoms with E-state index >= 15 is 0 Å². The summed E-state index contributed by atoms with van der Waals surface area (Å²) in [7, 11) is 0. The predicted molar refractivity (Wildman–Crippen MR) is 75.7 cm³/mol. The highest BCUT2D eigenvalue weighted by Crippen LogP contribution is 2.26. The summed E-state index contributed by atoms with van der Waals surface area (Å²) < 4.78 is 5.57. The highest BCUT2D eigenvalue weighted by molar-refractivity contribution is 7.99. The largest absolute Gasteiger partial charge is 0.383 e. The van der Waals surface area contributed by atoms with Gasteiger partial charge in [-0.25, -0.2) is 0 Å². The first-order chi connectivity index (χ1) is 8.74. The monoisotopic (exact) mass is 267 g/mol. The van der Waals surface area contributed by atoms with Gasteiger partial charge in [0.15, 0.2) is 0 Å². The number of rotatable bonds is 6. The Morgan fingerprint density at radius 1 is 1.39 bits per heavy atom. The van der Waals surface area contributed by atoms with Crippen LogP contribution >= 0.6 is 11.8 Å². The minimum Gasteiger partial charge on any atom is -0.383 e. The van der Waals surface area contributed by atoms with Crippen LogP contribution in [0.4, 0.5) is 0 Å². The van der Waals surface area contributed by atoms with Crippen molar-refractivity contribution in [2.75, 3.05) is 24.7 Å². The third kappa shape index (κ3) is 3.48. The molecule has 4 heteroatoms. The zero-order valence-electron chi connectivity index (χ0n) is 10.5. The molecule has 100 valence electrons. The van der Waals surface area contributed by atoms with Crippen molar-refractivity contribution in [1.82, 2.24) is 0 Å². The minimum absolute atomic E-state index is 0.246. The number of thioether (sulfide) groups is 1. The van der Waals surface area contributed by atoms with Gasteiger partial charge in [-0.1, -0.05) is 30.3 Å². The van der Waals surface area contributed by atoms with E-state index in [2.05, 4.69) is 0 Å². The van der Waals surface area contributed by atoms with Crippen LogP contribution in [-0.2, 0) is 10.3 Å². The minimum atomic E-state index is -0.926. The molecule has 0 amide bonds. The molecule has 1 aliphatic rings. The first-order valence-electron chi connectivity index (χ1n) is 6.42. The van der Waals surface area contributed by atoms with Crippen LogP contribution in [0.3, 0.4) is 0 Å². The fourth-order valence-electron chi connectivity index (χ4n) is 2.14. The Hall–Kier alpha value is -0.550. The van der Waals surface area contributed by atoms with Gasteiger partial charge in [0.1, 0.15) is 5.60 Å². The summed E-state index contributed by atoms with van der Waals surface area (Å²) in [6.07, 6.45) is 2.65. The SMILES string of the molecule is NCC(O)(CSCC1CCCO1)c1ccccc1. The zero-order valence-corrected chi connectivity index (χ0v) is 11.4. The summed E-state index contributed by atoms with van der Waals surface area (Å²) in [5, 5.41) is 10.6. The van der Waals surface area contributed by atoms with E-state index in [1.165, 1.54) is 0 Å². The van der Waals surface area contributed by atoms with Crippen molar-refractivity contribution in [1.29, 1.82) is 0 Å². The summed E-state index contributed by atoms with van der Waals surface area (Å²) >= 11 is 1.72. The number of benzene rings is 1. The third-order valence-electron chi connectivity index (χ3n) is 3.32. The molecule has 1 fully saturated rings. The molecule has 1 saturated heterocycles. The van der Waals surface area contributed by atoms with Gasteiger partial charge in [0.2, 0.25) is 0 Å². The molecule has 1 aliphatic heterocycles. The lowest BCUT2D eigenvalue weighted by Crippen LogP contribution is -2.37. The third-order valence-corrected chi connectivity index (χ3v) is 4.61. The van der Waals surface area contributed by atoms with Crippen molar-refractivity contribution in [3.05, 3.63) is 35.9 Å². The highest BCUT2D eigenvalue weighted by Gasteiger charge is 2.28. The fraction of sp³-hybridized carbons (Fsp3) is 0.571. The van der Waals surface area contributed by atoms with Crippen LogP contribution in [0.1, 0.15) is 18.4 Å². The van der Waals surface area contributed by atoms with Crippen molar-refractivity contribution in [3.8, 4) is 0 Å². The van der Waals surface area contributed by atoms with E-state index in [0.717, 1.165) is 30.8 Å². The predicted octanol–water partition coefficient (Wildman–Crippen LogP) is 1.75. The second kappa shape index (κ2) is 6.57. The second-order valence-electron chi connectivity index (χ2n) is 4.75. The normalized spacial score (nSPS) is 22.9. The van der Waals surface area contributed by atoms with Gasteiger partial charge in [-0.3, -0.25) is 0 Å². The van der Waals surface area contributed by atoms with Crippen LogP contribution in [0, 0.1) is 0 Å². The number of ether oxygens (including phenoxy) is 1. The van der Waals surface area contributed by atoms with E-state index in [1.54, 1.807) is 11.8 Å². The molecular weight excluding hydrogens is 246 g/mol. The zero-order chi connectivity index (χ0) is 12.8. The lowest BCUT2D eigenvalue weighted by molar-refractivity contribution is 0.0718. The summed E-state index contributed by atoms with van der Waals surface area (Å²) in [6.45, 7) is 1.13. The van der Waals surface area contributed by atoms with Crippen LogP contribution in [-0.4, -0.2) is 35.9 Å². The molecule has 1 heterocycles. The molecule has 0 radical (unpaired) electrons. The lowest BCUT2D eigenvalue weighted by atomic mass is 9.96. The maximum atomic E-state index is 10.6. The van der Waals surface area contributed by atoms with E-state index < -0.39 is 5.60 Å². The van der Waals surface area contributed by atoms with Crippen LogP contribution in [0.15, 0.2) is 30.3 Å². The Kier molecular flexibility index (Phi) is 5.06. The van der Waals surface area contributed by atoms with Crippen molar-refractivity contribution in [2.24, 2.45) is 5.73 Å². The fourth-order valence-corrected chi connectivity index (χ4v) is 3.41. The maximum absolute atomic E-state index is 10.6. The maximum Gasteiger partial charge on any atom is 0.111 e. The van der Waals surface area contributed by atoms with Crippen molar-refractivity contribution in [3.63, 3.8) is 0 Å². The van der Waals surface area contributed by atoms with Crippen LogP contribution in [0.2, 0.25) is 0 Å². The smallest absolute Gasteiger partial charge is 0.111 e. The molecule has 0 saturated carbocycles. The topological polar surface area (TPSA) is 55.5 Å². The van der Waals surface area contributed by atoms with Gasteiger partial charge in [0.05, 0.1) is 6.10 Å². The molecule has 1 aromatic rings. The first-order valence-corrected chi connectivity index (χ1v) is 7.57. The Balaban J connectivity index is 1.87. The average Bonchev–Trinajstić information content (AvgIpc) is 2.93. The summed E-state index contributed by atoms with van der Waals surface area (Å²) in [5.41, 5.74) is 5.71. The van der Waals surface area contributed by atoms with Crippen LogP contribution in [0.5, 0.6) is 0 Å².